The summed E-state index contributed by atoms with van der Waals surface area (Å²) in [7, 11) is 0. The molecular weight excluding hydrogens is 356 g/mol. The fourth-order valence-corrected chi connectivity index (χ4v) is 3.85. The lowest BCUT2D eigenvalue weighted by atomic mass is 10.1. The van der Waals surface area contributed by atoms with Crippen molar-refractivity contribution >= 4 is 5.91 Å². The van der Waals surface area contributed by atoms with Gasteiger partial charge in [-0.1, -0.05) is 18.2 Å². The molecule has 0 radical (unpaired) electrons. The van der Waals surface area contributed by atoms with Gasteiger partial charge in [-0.05, 0) is 30.9 Å². The fraction of sp³-hybridized carbons (Fsp3) is 0.400. The quantitative estimate of drug-likeness (QED) is 0.645. The monoisotopic (exact) mass is 380 g/mol. The Bertz CT molecular complexity index is 893. The van der Waals surface area contributed by atoms with Gasteiger partial charge >= 0.3 is 0 Å². The first-order chi connectivity index (χ1) is 13.7. The highest BCUT2D eigenvalue weighted by molar-refractivity contribution is 5.76. The van der Waals surface area contributed by atoms with Gasteiger partial charge in [-0.2, -0.15) is 0 Å². The molecule has 3 aromatic rings. The molecule has 8 nitrogen and oxygen atoms in total. The van der Waals surface area contributed by atoms with Crippen LogP contribution in [-0.2, 0) is 17.8 Å². The van der Waals surface area contributed by atoms with Gasteiger partial charge in [0.2, 0.25) is 5.91 Å². The predicted octanol–water partition coefficient (Wildman–Crippen LogP) is 1.35. The van der Waals surface area contributed by atoms with Gasteiger partial charge in [0.05, 0.1) is 18.5 Å². The third-order valence-corrected chi connectivity index (χ3v) is 5.23. The number of hydrogen-bond donors (Lipinski definition) is 2. The van der Waals surface area contributed by atoms with Crippen LogP contribution in [0.1, 0.15) is 25.1 Å². The van der Waals surface area contributed by atoms with Gasteiger partial charge in [-0.3, -0.25) is 9.36 Å². The molecule has 8 heteroatoms. The Balaban J connectivity index is 1.29. The average Bonchev–Trinajstić information content (AvgIpc) is 3.44. The van der Waals surface area contributed by atoms with E-state index in [1.165, 1.54) is 0 Å². The minimum absolute atomic E-state index is 0.0741. The normalized spacial score (nSPS) is 21.7. The van der Waals surface area contributed by atoms with Crippen LogP contribution in [0, 0.1) is 5.92 Å². The van der Waals surface area contributed by atoms with Crippen LogP contribution >= 0.6 is 0 Å². The van der Waals surface area contributed by atoms with Crippen LogP contribution in [-0.4, -0.2) is 47.5 Å². The Morgan fingerprint density at radius 2 is 2.07 bits per heavy atom. The van der Waals surface area contributed by atoms with Crippen LogP contribution in [0.5, 0.6) is 0 Å². The Morgan fingerprint density at radius 3 is 2.86 bits per heavy atom. The molecule has 2 N–H and O–H groups in total. The van der Waals surface area contributed by atoms with E-state index in [1.54, 1.807) is 18.9 Å². The molecule has 0 aliphatic heterocycles. The standard InChI is InChI=1S/C20H24N6O2/c27-18-11-15(12-25-9-8-21-13-25)10-17(18)23-20(28)7-6-19-24-22-14-26(19)16-4-2-1-3-5-16/h1-5,8-9,13-15,17-18,27H,6-7,10-12H2,(H,23,28)/t15?,17-,18-/m1/s1. The number of carbonyl (C=O) groups is 1. The summed E-state index contributed by atoms with van der Waals surface area (Å²) in [6.07, 6.45) is 8.84. The molecule has 1 saturated carbocycles. The number of rotatable bonds is 7. The molecule has 3 atom stereocenters. The van der Waals surface area contributed by atoms with Crippen molar-refractivity contribution in [3.05, 3.63) is 61.2 Å². The van der Waals surface area contributed by atoms with Crippen molar-refractivity contribution in [2.24, 2.45) is 5.92 Å². The highest BCUT2D eigenvalue weighted by atomic mass is 16.3. The lowest BCUT2D eigenvalue weighted by Crippen LogP contribution is -2.40. The molecule has 2 heterocycles. The highest BCUT2D eigenvalue weighted by Gasteiger charge is 2.33. The number of hydrogen-bond acceptors (Lipinski definition) is 5. The van der Waals surface area contributed by atoms with Crippen LogP contribution < -0.4 is 5.32 Å². The number of nitrogens with zero attached hydrogens (tertiary/aromatic N) is 5. The van der Waals surface area contributed by atoms with Gasteiger partial charge in [0, 0.05) is 37.5 Å². The van der Waals surface area contributed by atoms with E-state index in [-0.39, 0.29) is 11.9 Å². The Hall–Kier alpha value is -3.00. The summed E-state index contributed by atoms with van der Waals surface area (Å²) >= 11 is 0. The second-order valence-electron chi connectivity index (χ2n) is 7.29. The molecule has 146 valence electrons. The molecule has 2 aromatic heterocycles. The van der Waals surface area contributed by atoms with E-state index in [2.05, 4.69) is 20.5 Å². The third-order valence-electron chi connectivity index (χ3n) is 5.23. The third kappa shape index (κ3) is 4.28. The van der Waals surface area contributed by atoms with E-state index in [9.17, 15) is 9.90 Å². The number of aliphatic hydroxyl groups is 1. The van der Waals surface area contributed by atoms with E-state index in [1.807, 2.05) is 45.7 Å². The zero-order valence-electron chi connectivity index (χ0n) is 15.6. The average molecular weight is 380 g/mol. The molecule has 4 rings (SSSR count). The van der Waals surface area contributed by atoms with Crippen molar-refractivity contribution in [1.82, 2.24) is 29.6 Å². The van der Waals surface area contributed by atoms with Crippen LogP contribution in [0.2, 0.25) is 0 Å². The van der Waals surface area contributed by atoms with E-state index >= 15 is 0 Å². The molecule has 1 unspecified atom stereocenters. The van der Waals surface area contributed by atoms with Gasteiger partial charge in [-0.25, -0.2) is 4.98 Å². The molecule has 0 spiro atoms. The number of benzene rings is 1. The van der Waals surface area contributed by atoms with Crippen molar-refractivity contribution in [1.29, 1.82) is 0 Å². The summed E-state index contributed by atoms with van der Waals surface area (Å²) in [5.41, 5.74) is 0.969. The van der Waals surface area contributed by atoms with Gasteiger partial charge in [0.1, 0.15) is 12.2 Å². The number of amides is 1. The summed E-state index contributed by atoms with van der Waals surface area (Å²) in [5, 5.41) is 21.4. The lowest BCUT2D eigenvalue weighted by Gasteiger charge is -2.16. The van der Waals surface area contributed by atoms with Gasteiger partial charge in [-0.15, -0.1) is 10.2 Å². The second-order valence-corrected chi connectivity index (χ2v) is 7.29. The molecule has 1 aliphatic rings. The number of aliphatic hydroxyl groups excluding tert-OH is 1. The largest absolute Gasteiger partial charge is 0.391 e. The van der Waals surface area contributed by atoms with Gasteiger partial charge in [0.15, 0.2) is 0 Å². The maximum atomic E-state index is 12.4. The number of aromatic nitrogens is 5. The first-order valence-corrected chi connectivity index (χ1v) is 9.56. The molecule has 1 amide bonds. The van der Waals surface area contributed by atoms with Gasteiger partial charge in [0.25, 0.3) is 0 Å². The molecule has 1 fully saturated rings. The second kappa shape index (κ2) is 8.35. The van der Waals surface area contributed by atoms with E-state index < -0.39 is 6.10 Å². The van der Waals surface area contributed by atoms with E-state index in [0.29, 0.717) is 25.2 Å². The molecule has 1 aliphatic carbocycles. The molecule has 0 bridgehead atoms. The van der Waals surface area contributed by atoms with Crippen LogP contribution in [0.3, 0.4) is 0 Å². The first-order valence-electron chi connectivity index (χ1n) is 9.56. The summed E-state index contributed by atoms with van der Waals surface area (Å²) in [6.45, 7) is 0.809. The van der Waals surface area contributed by atoms with E-state index in [0.717, 1.165) is 24.5 Å². The Labute approximate surface area is 163 Å². The van der Waals surface area contributed by atoms with E-state index in [4.69, 9.17) is 0 Å². The number of aryl methyl sites for hydroxylation is 1. The number of para-hydroxylation sites is 1. The first kappa shape index (κ1) is 18.4. The van der Waals surface area contributed by atoms with Crippen molar-refractivity contribution in [3.8, 4) is 5.69 Å². The molecule has 0 saturated heterocycles. The minimum Gasteiger partial charge on any atom is -0.391 e. The summed E-state index contributed by atoms with van der Waals surface area (Å²) in [6, 6.07) is 9.60. The highest BCUT2D eigenvalue weighted by Crippen LogP contribution is 2.27. The number of nitrogens with one attached hydrogen (secondary N) is 1. The number of carbonyl (C=O) groups excluding carboxylic acids is 1. The number of imidazole rings is 1. The SMILES string of the molecule is O=C(CCc1nncn1-c1ccccc1)N[C@@H]1CC(Cn2ccnc2)C[C@H]1O. The maximum absolute atomic E-state index is 12.4. The molecule has 28 heavy (non-hydrogen) atoms. The van der Waals surface area contributed by atoms with Crippen LogP contribution in [0.4, 0.5) is 0 Å². The zero-order chi connectivity index (χ0) is 19.3. The topological polar surface area (TPSA) is 97.9 Å². The predicted molar refractivity (Wildman–Crippen MR) is 103 cm³/mol. The Morgan fingerprint density at radius 1 is 1.21 bits per heavy atom. The van der Waals surface area contributed by atoms with Crippen molar-refractivity contribution < 1.29 is 9.90 Å². The van der Waals surface area contributed by atoms with Crippen molar-refractivity contribution in [2.45, 2.75) is 44.4 Å². The van der Waals surface area contributed by atoms with Crippen LogP contribution in [0.15, 0.2) is 55.4 Å². The summed E-state index contributed by atoms with van der Waals surface area (Å²) in [5.74, 6) is 0.997. The Kier molecular flexibility index (Phi) is 5.48. The van der Waals surface area contributed by atoms with Gasteiger partial charge < -0.3 is 15.0 Å². The lowest BCUT2D eigenvalue weighted by molar-refractivity contribution is -0.122. The molecular formula is C20H24N6O2. The zero-order valence-corrected chi connectivity index (χ0v) is 15.6. The van der Waals surface area contributed by atoms with Crippen LogP contribution in [0.25, 0.3) is 5.69 Å². The van der Waals surface area contributed by atoms with Crippen molar-refractivity contribution in [3.63, 3.8) is 0 Å². The fourth-order valence-electron chi connectivity index (χ4n) is 3.85. The minimum atomic E-state index is -0.509. The summed E-state index contributed by atoms with van der Waals surface area (Å²) < 4.78 is 3.90. The summed E-state index contributed by atoms with van der Waals surface area (Å²) in [4.78, 5) is 16.5. The van der Waals surface area contributed by atoms with Crippen molar-refractivity contribution in [2.75, 3.05) is 0 Å². The smallest absolute Gasteiger partial charge is 0.220 e. The maximum Gasteiger partial charge on any atom is 0.220 e. The molecule has 1 aromatic carbocycles.